The Labute approximate surface area is 231 Å². The number of halogens is 4. The van der Waals surface area contributed by atoms with E-state index in [0.29, 0.717) is 20.4 Å². The summed E-state index contributed by atoms with van der Waals surface area (Å²) in [6.45, 7) is 4.91. The van der Waals surface area contributed by atoms with Crippen LogP contribution in [-0.2, 0) is 10.5 Å². The molecule has 3 aromatic rings. The summed E-state index contributed by atoms with van der Waals surface area (Å²) in [5.41, 5.74) is -1.24. The van der Waals surface area contributed by atoms with E-state index in [4.69, 9.17) is 4.74 Å². The fraction of sp³-hybridized carbons (Fsp3) is 0.250. The molecular weight excluding hydrogens is 610 g/mol. The van der Waals surface area contributed by atoms with Crippen LogP contribution in [0.25, 0.3) is 0 Å². The largest absolute Gasteiger partial charge is 0.443 e. The van der Waals surface area contributed by atoms with Crippen molar-refractivity contribution >= 4 is 45.8 Å². The number of carbonyl (C=O) groups excluding carboxylic acids is 2. The SMILES string of the molecule is Cc1cc(C2(C(F)(F)F)N=C(c3ccccc3)CO2)ccc1NC(=O)c1cccc(I)c1C(=O)NC(C)C. The summed E-state index contributed by atoms with van der Waals surface area (Å²) in [5, 5.41) is 5.51. The first kappa shape index (κ1) is 27.8. The number of aryl methyl sites for hydroxylation is 1. The summed E-state index contributed by atoms with van der Waals surface area (Å²) in [5.74, 6) is -0.944. The van der Waals surface area contributed by atoms with Crippen LogP contribution in [0.1, 0.15) is 51.3 Å². The number of nitrogens with one attached hydrogen (secondary N) is 2. The third-order valence-electron chi connectivity index (χ3n) is 5.97. The zero-order valence-corrected chi connectivity index (χ0v) is 23.0. The standard InChI is InChI=1S/C28H25F3IN3O3/c1-16(2)33-26(37)24-20(10-7-11-21(24)32)25(36)34-22-13-12-19(14-17(22)3)27(28(29,30)31)35-23(15-38-27)18-8-5-4-6-9-18/h4-14,16H,15H2,1-3H3,(H,33,37)(H,34,36). The maximum atomic E-state index is 14.4. The first-order valence-electron chi connectivity index (χ1n) is 11.8. The van der Waals surface area contributed by atoms with Crippen LogP contribution in [0.15, 0.2) is 71.7 Å². The van der Waals surface area contributed by atoms with E-state index < -0.39 is 17.8 Å². The summed E-state index contributed by atoms with van der Waals surface area (Å²) < 4.78 is 49.0. The molecule has 0 aromatic heterocycles. The van der Waals surface area contributed by atoms with Crippen molar-refractivity contribution in [2.45, 2.75) is 38.7 Å². The van der Waals surface area contributed by atoms with Gasteiger partial charge in [0.1, 0.15) is 0 Å². The van der Waals surface area contributed by atoms with Crippen molar-refractivity contribution in [3.63, 3.8) is 0 Å². The molecule has 4 rings (SSSR count). The average molecular weight is 635 g/mol. The Morgan fingerprint density at radius 1 is 1.03 bits per heavy atom. The number of benzene rings is 3. The molecule has 2 N–H and O–H groups in total. The molecule has 38 heavy (non-hydrogen) atoms. The molecule has 0 bridgehead atoms. The minimum absolute atomic E-state index is 0.131. The second-order valence-electron chi connectivity index (χ2n) is 9.13. The van der Waals surface area contributed by atoms with Crippen LogP contribution >= 0.6 is 22.6 Å². The number of amides is 2. The van der Waals surface area contributed by atoms with Crippen molar-refractivity contribution < 1.29 is 27.5 Å². The minimum atomic E-state index is -4.82. The highest BCUT2D eigenvalue weighted by Gasteiger charge is 2.60. The Hall–Kier alpha value is -3.25. The number of aliphatic imine (C=N–C) groups is 1. The number of hydrogen-bond donors (Lipinski definition) is 2. The van der Waals surface area contributed by atoms with E-state index in [1.807, 2.05) is 36.4 Å². The number of anilines is 1. The molecule has 6 nitrogen and oxygen atoms in total. The zero-order chi connectivity index (χ0) is 27.7. The second-order valence-corrected chi connectivity index (χ2v) is 10.3. The molecule has 10 heteroatoms. The van der Waals surface area contributed by atoms with Gasteiger partial charge in [0.15, 0.2) is 0 Å². The molecular formula is C28H25F3IN3O3. The highest BCUT2D eigenvalue weighted by atomic mass is 127. The summed E-state index contributed by atoms with van der Waals surface area (Å²) in [4.78, 5) is 29.9. The van der Waals surface area contributed by atoms with Crippen LogP contribution in [0.2, 0.25) is 0 Å². The highest BCUT2D eigenvalue weighted by molar-refractivity contribution is 14.1. The Morgan fingerprint density at radius 3 is 2.37 bits per heavy atom. The molecule has 1 aliphatic rings. The van der Waals surface area contributed by atoms with Crippen LogP contribution < -0.4 is 10.6 Å². The first-order valence-corrected chi connectivity index (χ1v) is 12.9. The van der Waals surface area contributed by atoms with Crippen molar-refractivity contribution in [2.75, 3.05) is 11.9 Å². The Bertz CT molecular complexity index is 1410. The van der Waals surface area contributed by atoms with Gasteiger partial charge >= 0.3 is 6.18 Å². The molecule has 1 unspecified atom stereocenters. The molecule has 0 saturated heterocycles. The van der Waals surface area contributed by atoms with Gasteiger partial charge in [0, 0.05) is 20.9 Å². The minimum Gasteiger partial charge on any atom is -0.350 e. The molecule has 3 aromatic carbocycles. The Morgan fingerprint density at radius 2 is 1.74 bits per heavy atom. The van der Waals surface area contributed by atoms with E-state index in [2.05, 4.69) is 15.6 Å². The zero-order valence-electron chi connectivity index (χ0n) is 20.8. The van der Waals surface area contributed by atoms with Gasteiger partial charge in [-0.3, -0.25) is 9.59 Å². The van der Waals surface area contributed by atoms with Gasteiger partial charge in [-0.1, -0.05) is 42.5 Å². The molecule has 1 atom stereocenters. The number of alkyl halides is 3. The molecule has 0 fully saturated rings. The van der Waals surface area contributed by atoms with Crippen molar-refractivity contribution in [3.8, 4) is 0 Å². The molecule has 0 aliphatic carbocycles. The third kappa shape index (κ3) is 5.46. The smallest absolute Gasteiger partial charge is 0.350 e. The van der Waals surface area contributed by atoms with Gasteiger partial charge in [0.2, 0.25) is 0 Å². The lowest BCUT2D eigenvalue weighted by molar-refractivity contribution is -0.270. The predicted octanol–water partition coefficient (Wildman–Crippen LogP) is 6.22. The monoisotopic (exact) mass is 635 g/mol. The van der Waals surface area contributed by atoms with Crippen LogP contribution in [0.3, 0.4) is 0 Å². The fourth-order valence-electron chi connectivity index (χ4n) is 4.15. The van der Waals surface area contributed by atoms with Gasteiger partial charge in [-0.25, -0.2) is 4.99 Å². The van der Waals surface area contributed by atoms with Gasteiger partial charge in [-0.2, -0.15) is 13.2 Å². The van der Waals surface area contributed by atoms with Crippen molar-refractivity contribution in [1.29, 1.82) is 0 Å². The Kier molecular flexibility index (Phi) is 7.93. The third-order valence-corrected chi connectivity index (χ3v) is 6.87. The van der Waals surface area contributed by atoms with Gasteiger partial charge < -0.3 is 15.4 Å². The Balaban J connectivity index is 1.66. The van der Waals surface area contributed by atoms with Gasteiger partial charge in [-0.15, -0.1) is 0 Å². The predicted molar refractivity (Wildman–Crippen MR) is 148 cm³/mol. The molecule has 0 saturated carbocycles. The molecule has 1 heterocycles. The number of nitrogens with zero attached hydrogens (tertiary/aromatic N) is 1. The number of rotatable bonds is 6. The number of carbonyl (C=O) groups is 2. The van der Waals surface area contributed by atoms with Gasteiger partial charge in [-0.05, 0) is 78.8 Å². The molecule has 0 spiro atoms. The number of ether oxygens (including phenoxy) is 1. The van der Waals surface area contributed by atoms with Crippen LogP contribution in [0.5, 0.6) is 0 Å². The van der Waals surface area contributed by atoms with E-state index in [-0.39, 0.29) is 41.0 Å². The summed E-state index contributed by atoms with van der Waals surface area (Å²) >= 11 is 1.99. The molecule has 198 valence electrons. The van der Waals surface area contributed by atoms with Gasteiger partial charge in [0.05, 0.1) is 23.4 Å². The molecule has 2 amide bonds. The second kappa shape index (κ2) is 10.9. The van der Waals surface area contributed by atoms with E-state index >= 15 is 0 Å². The maximum Gasteiger partial charge on any atom is 0.443 e. The molecule has 1 aliphatic heterocycles. The summed E-state index contributed by atoms with van der Waals surface area (Å²) in [7, 11) is 0. The van der Waals surface area contributed by atoms with Crippen molar-refractivity contribution in [2.24, 2.45) is 4.99 Å². The van der Waals surface area contributed by atoms with E-state index in [0.717, 1.165) is 0 Å². The topological polar surface area (TPSA) is 79.8 Å². The maximum absolute atomic E-state index is 14.4. The van der Waals surface area contributed by atoms with Crippen LogP contribution in [-0.4, -0.2) is 36.4 Å². The normalized spacial score (nSPS) is 17.3. The lowest BCUT2D eigenvalue weighted by Gasteiger charge is -2.29. The first-order chi connectivity index (χ1) is 17.9. The van der Waals surface area contributed by atoms with Crippen LogP contribution in [0, 0.1) is 10.5 Å². The van der Waals surface area contributed by atoms with Gasteiger partial charge in [0.25, 0.3) is 17.5 Å². The van der Waals surface area contributed by atoms with Crippen molar-refractivity contribution in [3.05, 3.63) is 98.1 Å². The summed E-state index contributed by atoms with van der Waals surface area (Å²) in [6, 6.07) is 17.3. The summed E-state index contributed by atoms with van der Waals surface area (Å²) in [6.07, 6.45) is -4.82. The lowest BCUT2D eigenvalue weighted by atomic mass is 9.99. The molecule has 0 radical (unpaired) electrons. The van der Waals surface area contributed by atoms with E-state index in [1.165, 1.54) is 24.3 Å². The van der Waals surface area contributed by atoms with E-state index in [9.17, 15) is 22.8 Å². The van der Waals surface area contributed by atoms with E-state index in [1.54, 1.807) is 49.4 Å². The number of hydrogen-bond acceptors (Lipinski definition) is 4. The van der Waals surface area contributed by atoms with Crippen molar-refractivity contribution in [1.82, 2.24) is 5.32 Å². The van der Waals surface area contributed by atoms with Crippen LogP contribution in [0.4, 0.5) is 18.9 Å². The highest BCUT2D eigenvalue weighted by Crippen LogP contribution is 2.47. The lowest BCUT2D eigenvalue weighted by Crippen LogP contribution is -2.41. The fourth-order valence-corrected chi connectivity index (χ4v) is 4.89. The quantitative estimate of drug-likeness (QED) is 0.316. The average Bonchev–Trinajstić information content (AvgIpc) is 3.32.